The fraction of sp³-hybridized carbons (Fsp3) is 0.333. The van der Waals surface area contributed by atoms with E-state index in [4.69, 9.17) is 10.00 Å². The maximum absolute atomic E-state index is 9.07. The molecule has 1 aromatic heterocycles. The molecule has 0 amide bonds. The molecule has 1 aromatic carbocycles. The summed E-state index contributed by atoms with van der Waals surface area (Å²) in [6.07, 6.45) is 3.79. The zero-order valence-electron chi connectivity index (χ0n) is 11.5. The number of ether oxygens (including phenoxy) is 1. The molecule has 104 valence electrons. The summed E-state index contributed by atoms with van der Waals surface area (Å²) in [6, 6.07) is 9.83. The average Bonchev–Trinajstić information content (AvgIpc) is 2.92. The van der Waals surface area contributed by atoms with Crippen molar-refractivity contribution >= 4 is 0 Å². The summed E-state index contributed by atoms with van der Waals surface area (Å²) in [7, 11) is 1.68. The number of hydrogen-bond donors (Lipinski definition) is 1. The van der Waals surface area contributed by atoms with Crippen molar-refractivity contribution in [2.45, 2.75) is 13.1 Å². The molecule has 0 aliphatic carbocycles. The van der Waals surface area contributed by atoms with E-state index in [0.717, 1.165) is 24.3 Å². The number of imidazole rings is 1. The normalized spacial score (nSPS) is 10.4. The minimum atomic E-state index is 0.662. The first-order chi connectivity index (χ1) is 9.83. The highest BCUT2D eigenvalue weighted by Crippen LogP contribution is 2.09. The smallest absolute Gasteiger partial charge is 0.0995 e. The average molecular weight is 270 g/mol. The lowest BCUT2D eigenvalue weighted by Crippen LogP contribution is -2.18. The summed E-state index contributed by atoms with van der Waals surface area (Å²) in [5.74, 6) is 0. The molecule has 0 aliphatic heterocycles. The summed E-state index contributed by atoms with van der Waals surface area (Å²) in [5, 5.41) is 12.3. The molecular weight excluding hydrogens is 252 g/mol. The van der Waals surface area contributed by atoms with E-state index in [0.29, 0.717) is 18.7 Å². The summed E-state index contributed by atoms with van der Waals surface area (Å²) >= 11 is 0. The highest BCUT2D eigenvalue weighted by molar-refractivity contribution is 5.37. The number of rotatable bonds is 7. The van der Waals surface area contributed by atoms with Crippen LogP contribution in [-0.2, 0) is 17.8 Å². The second-order valence-electron chi connectivity index (χ2n) is 4.48. The van der Waals surface area contributed by atoms with Crippen LogP contribution in [0.25, 0.3) is 0 Å². The van der Waals surface area contributed by atoms with Crippen LogP contribution in [0.2, 0.25) is 0 Å². The molecule has 0 bridgehead atoms. The van der Waals surface area contributed by atoms with Crippen LogP contribution in [0, 0.1) is 11.3 Å². The molecule has 20 heavy (non-hydrogen) atoms. The minimum Gasteiger partial charge on any atom is -0.383 e. The van der Waals surface area contributed by atoms with Crippen LogP contribution in [-0.4, -0.2) is 29.8 Å². The molecule has 2 aromatic rings. The molecule has 0 atom stereocenters. The summed E-state index contributed by atoms with van der Waals surface area (Å²) in [6.45, 7) is 2.88. The van der Waals surface area contributed by atoms with Crippen LogP contribution >= 0.6 is 0 Å². The van der Waals surface area contributed by atoms with Crippen molar-refractivity contribution < 1.29 is 4.74 Å². The van der Waals surface area contributed by atoms with Crippen molar-refractivity contribution in [1.82, 2.24) is 14.9 Å². The Bertz CT molecular complexity index is 586. The number of nitrogens with one attached hydrogen (secondary N) is 1. The Morgan fingerprint density at radius 2 is 2.25 bits per heavy atom. The van der Waals surface area contributed by atoms with Crippen LogP contribution in [0.5, 0.6) is 0 Å². The van der Waals surface area contributed by atoms with E-state index < -0.39 is 0 Å². The van der Waals surface area contributed by atoms with Crippen molar-refractivity contribution in [2.24, 2.45) is 0 Å². The standard InChI is InChI=1S/C15H18N4O/c1-20-7-6-17-9-15-11-19(12-18-15)10-14-5-3-2-4-13(14)8-16/h2-5,11-12,17H,6-7,9-10H2,1H3. The molecule has 1 N–H and O–H groups in total. The lowest BCUT2D eigenvalue weighted by atomic mass is 10.1. The molecule has 0 fully saturated rings. The number of benzene rings is 1. The Morgan fingerprint density at radius 3 is 3.05 bits per heavy atom. The van der Waals surface area contributed by atoms with Gasteiger partial charge in [-0.05, 0) is 11.6 Å². The first-order valence-electron chi connectivity index (χ1n) is 6.52. The van der Waals surface area contributed by atoms with E-state index in [-0.39, 0.29) is 0 Å². The maximum atomic E-state index is 9.07. The molecule has 0 spiro atoms. The zero-order chi connectivity index (χ0) is 14.2. The van der Waals surface area contributed by atoms with E-state index in [9.17, 15) is 0 Å². The van der Waals surface area contributed by atoms with Gasteiger partial charge in [-0.1, -0.05) is 18.2 Å². The van der Waals surface area contributed by atoms with Crippen molar-refractivity contribution in [3.05, 3.63) is 53.6 Å². The van der Waals surface area contributed by atoms with E-state index in [1.807, 2.05) is 35.0 Å². The van der Waals surface area contributed by atoms with E-state index in [2.05, 4.69) is 16.4 Å². The largest absolute Gasteiger partial charge is 0.383 e. The number of aromatic nitrogens is 2. The van der Waals surface area contributed by atoms with Crippen LogP contribution in [0.15, 0.2) is 36.8 Å². The van der Waals surface area contributed by atoms with Crippen LogP contribution < -0.4 is 5.32 Å². The molecule has 5 nitrogen and oxygen atoms in total. The molecule has 0 saturated carbocycles. The van der Waals surface area contributed by atoms with Crippen LogP contribution in [0.1, 0.15) is 16.8 Å². The van der Waals surface area contributed by atoms with Gasteiger partial charge in [0.05, 0.1) is 30.3 Å². The summed E-state index contributed by atoms with van der Waals surface area (Å²) < 4.78 is 6.96. The third-order valence-corrected chi connectivity index (χ3v) is 2.97. The first kappa shape index (κ1) is 14.3. The van der Waals surface area contributed by atoms with Gasteiger partial charge in [-0.2, -0.15) is 5.26 Å². The Balaban J connectivity index is 1.94. The fourth-order valence-electron chi connectivity index (χ4n) is 1.94. The number of nitrogens with zero attached hydrogens (tertiary/aromatic N) is 3. The highest BCUT2D eigenvalue weighted by Gasteiger charge is 2.03. The Hall–Kier alpha value is -2.16. The predicted octanol–water partition coefficient (Wildman–Crippen LogP) is 1.54. The highest BCUT2D eigenvalue weighted by atomic mass is 16.5. The van der Waals surface area contributed by atoms with Crippen LogP contribution in [0.3, 0.4) is 0 Å². The molecule has 5 heteroatoms. The third kappa shape index (κ3) is 3.92. The van der Waals surface area contributed by atoms with Gasteiger partial charge in [0.2, 0.25) is 0 Å². The zero-order valence-corrected chi connectivity index (χ0v) is 11.5. The Kier molecular flexibility index (Phi) is 5.30. The molecule has 0 unspecified atom stereocenters. The van der Waals surface area contributed by atoms with Crippen molar-refractivity contribution in [2.75, 3.05) is 20.3 Å². The van der Waals surface area contributed by atoms with Crippen molar-refractivity contribution in [1.29, 1.82) is 5.26 Å². The molecular formula is C15H18N4O. The van der Waals surface area contributed by atoms with Gasteiger partial charge in [0, 0.05) is 32.9 Å². The maximum Gasteiger partial charge on any atom is 0.0995 e. The predicted molar refractivity (Wildman–Crippen MR) is 76.1 cm³/mol. The third-order valence-electron chi connectivity index (χ3n) is 2.97. The first-order valence-corrected chi connectivity index (χ1v) is 6.52. The Labute approximate surface area is 118 Å². The lowest BCUT2D eigenvalue weighted by Gasteiger charge is -2.04. The molecule has 2 rings (SSSR count). The molecule has 0 radical (unpaired) electrons. The number of nitriles is 1. The van der Waals surface area contributed by atoms with Gasteiger partial charge in [0.15, 0.2) is 0 Å². The summed E-state index contributed by atoms with van der Waals surface area (Å²) in [4.78, 5) is 4.34. The topological polar surface area (TPSA) is 62.9 Å². The van der Waals surface area contributed by atoms with Gasteiger partial charge in [0.25, 0.3) is 0 Å². The van der Waals surface area contributed by atoms with Gasteiger partial charge in [-0.3, -0.25) is 0 Å². The van der Waals surface area contributed by atoms with Gasteiger partial charge < -0.3 is 14.6 Å². The summed E-state index contributed by atoms with van der Waals surface area (Å²) in [5.41, 5.74) is 2.70. The molecule has 0 aliphatic rings. The molecule has 0 saturated heterocycles. The van der Waals surface area contributed by atoms with E-state index >= 15 is 0 Å². The molecule has 1 heterocycles. The van der Waals surface area contributed by atoms with E-state index in [1.165, 1.54) is 0 Å². The van der Waals surface area contributed by atoms with Crippen molar-refractivity contribution in [3.8, 4) is 6.07 Å². The lowest BCUT2D eigenvalue weighted by molar-refractivity contribution is 0.199. The second-order valence-corrected chi connectivity index (χ2v) is 4.48. The SMILES string of the molecule is COCCNCc1cn(Cc2ccccc2C#N)cn1. The van der Waals surface area contributed by atoms with Gasteiger partial charge in [-0.25, -0.2) is 4.98 Å². The van der Waals surface area contributed by atoms with Gasteiger partial charge in [-0.15, -0.1) is 0 Å². The fourth-order valence-corrected chi connectivity index (χ4v) is 1.94. The quantitative estimate of drug-likeness (QED) is 0.775. The Morgan fingerprint density at radius 1 is 1.40 bits per heavy atom. The van der Waals surface area contributed by atoms with Crippen molar-refractivity contribution in [3.63, 3.8) is 0 Å². The number of methoxy groups -OCH3 is 1. The van der Waals surface area contributed by atoms with Crippen LogP contribution in [0.4, 0.5) is 0 Å². The monoisotopic (exact) mass is 270 g/mol. The van der Waals surface area contributed by atoms with Gasteiger partial charge in [0.1, 0.15) is 0 Å². The number of hydrogen-bond acceptors (Lipinski definition) is 4. The van der Waals surface area contributed by atoms with Gasteiger partial charge >= 0.3 is 0 Å². The second kappa shape index (κ2) is 7.43. The van der Waals surface area contributed by atoms with E-state index in [1.54, 1.807) is 13.4 Å². The minimum absolute atomic E-state index is 0.662.